The highest BCUT2D eigenvalue weighted by molar-refractivity contribution is 5.81. The third-order valence-electron chi connectivity index (χ3n) is 5.84. The van der Waals surface area contributed by atoms with Crippen LogP contribution in [-0.4, -0.2) is 36.9 Å². The predicted molar refractivity (Wildman–Crippen MR) is 123 cm³/mol. The molecule has 0 radical (unpaired) electrons. The summed E-state index contributed by atoms with van der Waals surface area (Å²) in [5.74, 6) is -0.925. The van der Waals surface area contributed by atoms with Crippen molar-refractivity contribution in [2.24, 2.45) is 5.92 Å². The van der Waals surface area contributed by atoms with E-state index in [0.29, 0.717) is 31.1 Å². The summed E-state index contributed by atoms with van der Waals surface area (Å²) in [5, 5.41) is 22.3. The molecule has 0 aromatic heterocycles. The first-order valence-corrected chi connectivity index (χ1v) is 10.9. The zero-order valence-electron chi connectivity index (χ0n) is 18.5. The standard InChI is InChI=1S/C25H31N3O3/c1-4-5-21(25(29)30)19-8-11-23(28-12-13-31-16-24(28)17(2)3)22(14-19)27-20-9-6-18(15-26)7-10-20/h6-11,14,17,21,24,27H,4-5,12-13,16H2,1-3H3,(H,29,30)/t21?,24-/m0/s1. The lowest BCUT2D eigenvalue weighted by atomic mass is 9.93. The minimum atomic E-state index is -0.801. The van der Waals surface area contributed by atoms with Gasteiger partial charge < -0.3 is 20.1 Å². The Hall–Kier alpha value is -3.04. The normalized spacial score (nSPS) is 17.3. The molecule has 0 bridgehead atoms. The number of benzene rings is 2. The fourth-order valence-corrected chi connectivity index (χ4v) is 4.10. The van der Waals surface area contributed by atoms with Gasteiger partial charge >= 0.3 is 5.97 Å². The summed E-state index contributed by atoms with van der Waals surface area (Å²) in [7, 11) is 0. The van der Waals surface area contributed by atoms with E-state index in [9.17, 15) is 9.90 Å². The SMILES string of the molecule is CCCC(C(=O)O)c1ccc(N2CCOC[C@H]2C(C)C)c(Nc2ccc(C#N)cc2)c1. The van der Waals surface area contributed by atoms with E-state index in [1.807, 2.05) is 37.3 Å². The van der Waals surface area contributed by atoms with Gasteiger partial charge in [0.1, 0.15) is 0 Å². The van der Waals surface area contributed by atoms with Crippen molar-refractivity contribution in [3.8, 4) is 6.07 Å². The Morgan fingerprint density at radius 1 is 1.29 bits per heavy atom. The lowest BCUT2D eigenvalue weighted by molar-refractivity contribution is -0.139. The first-order chi connectivity index (χ1) is 14.9. The average molecular weight is 422 g/mol. The van der Waals surface area contributed by atoms with Gasteiger partial charge in [0.15, 0.2) is 0 Å². The summed E-state index contributed by atoms with van der Waals surface area (Å²) in [5.41, 5.74) is 4.16. The number of rotatable bonds is 8. The summed E-state index contributed by atoms with van der Waals surface area (Å²) in [6, 6.07) is 15.6. The highest BCUT2D eigenvalue weighted by Crippen LogP contribution is 2.36. The largest absolute Gasteiger partial charge is 0.481 e. The topological polar surface area (TPSA) is 85.6 Å². The van der Waals surface area contributed by atoms with Gasteiger partial charge in [0.25, 0.3) is 0 Å². The molecule has 1 aliphatic rings. The lowest BCUT2D eigenvalue weighted by Crippen LogP contribution is -2.48. The number of hydrogen-bond acceptors (Lipinski definition) is 5. The van der Waals surface area contributed by atoms with Crippen molar-refractivity contribution in [3.05, 3.63) is 53.6 Å². The summed E-state index contributed by atoms with van der Waals surface area (Å²) < 4.78 is 5.73. The van der Waals surface area contributed by atoms with Crippen LogP contribution in [0.25, 0.3) is 0 Å². The maximum absolute atomic E-state index is 11.9. The second kappa shape index (κ2) is 10.3. The van der Waals surface area contributed by atoms with Crippen molar-refractivity contribution in [2.75, 3.05) is 30.0 Å². The molecule has 2 aromatic rings. The molecule has 2 aromatic carbocycles. The van der Waals surface area contributed by atoms with Gasteiger partial charge in [-0.3, -0.25) is 4.79 Å². The van der Waals surface area contributed by atoms with E-state index in [1.54, 1.807) is 12.1 Å². The molecule has 31 heavy (non-hydrogen) atoms. The number of nitrogens with one attached hydrogen (secondary N) is 1. The zero-order valence-corrected chi connectivity index (χ0v) is 18.5. The number of hydrogen-bond donors (Lipinski definition) is 2. The van der Waals surface area contributed by atoms with E-state index >= 15 is 0 Å². The maximum Gasteiger partial charge on any atom is 0.310 e. The van der Waals surface area contributed by atoms with Crippen LogP contribution >= 0.6 is 0 Å². The number of carbonyl (C=O) groups is 1. The van der Waals surface area contributed by atoms with Gasteiger partial charge in [-0.1, -0.05) is 33.3 Å². The Morgan fingerprint density at radius 3 is 2.65 bits per heavy atom. The lowest BCUT2D eigenvalue weighted by Gasteiger charge is -2.40. The maximum atomic E-state index is 11.9. The van der Waals surface area contributed by atoms with Gasteiger partial charge in [0.05, 0.1) is 48.2 Å². The molecule has 1 unspecified atom stereocenters. The fourth-order valence-electron chi connectivity index (χ4n) is 4.10. The molecule has 0 aliphatic carbocycles. The van der Waals surface area contributed by atoms with Gasteiger partial charge in [0, 0.05) is 12.2 Å². The average Bonchev–Trinajstić information content (AvgIpc) is 2.77. The molecule has 1 saturated heterocycles. The number of carboxylic acid groups (broad SMARTS) is 1. The number of anilines is 3. The Kier molecular flexibility index (Phi) is 7.54. The van der Waals surface area contributed by atoms with E-state index in [4.69, 9.17) is 10.00 Å². The minimum absolute atomic E-state index is 0.243. The van der Waals surface area contributed by atoms with Crippen molar-refractivity contribution in [1.82, 2.24) is 0 Å². The fraction of sp³-hybridized carbons (Fsp3) is 0.440. The molecule has 164 valence electrons. The summed E-state index contributed by atoms with van der Waals surface area (Å²) >= 11 is 0. The third-order valence-corrected chi connectivity index (χ3v) is 5.84. The molecule has 3 rings (SSSR count). The molecule has 1 fully saturated rings. The van der Waals surface area contributed by atoms with Gasteiger partial charge in [0.2, 0.25) is 0 Å². The van der Waals surface area contributed by atoms with E-state index in [2.05, 4.69) is 30.1 Å². The van der Waals surface area contributed by atoms with E-state index in [1.165, 1.54) is 0 Å². The van der Waals surface area contributed by atoms with Gasteiger partial charge in [-0.2, -0.15) is 5.26 Å². The van der Waals surface area contributed by atoms with Crippen molar-refractivity contribution >= 4 is 23.0 Å². The second-order valence-corrected chi connectivity index (χ2v) is 8.35. The quantitative estimate of drug-likeness (QED) is 0.614. The van der Waals surface area contributed by atoms with Crippen molar-refractivity contribution in [1.29, 1.82) is 5.26 Å². The number of carboxylic acids is 1. The van der Waals surface area contributed by atoms with E-state index in [-0.39, 0.29) is 6.04 Å². The molecular formula is C25H31N3O3. The first kappa shape index (κ1) is 22.6. The number of aliphatic carboxylic acids is 1. The number of nitriles is 1. The van der Waals surface area contributed by atoms with Gasteiger partial charge in [-0.05, 0) is 54.3 Å². The minimum Gasteiger partial charge on any atom is -0.481 e. The zero-order chi connectivity index (χ0) is 22.4. The van der Waals surface area contributed by atoms with E-state index in [0.717, 1.165) is 35.6 Å². The molecule has 2 atom stereocenters. The molecule has 1 aliphatic heterocycles. The van der Waals surface area contributed by atoms with Crippen molar-refractivity contribution in [3.63, 3.8) is 0 Å². The molecule has 0 saturated carbocycles. The van der Waals surface area contributed by atoms with Crippen molar-refractivity contribution < 1.29 is 14.6 Å². The molecule has 0 amide bonds. The van der Waals surface area contributed by atoms with Gasteiger partial charge in [-0.15, -0.1) is 0 Å². The smallest absolute Gasteiger partial charge is 0.310 e. The second-order valence-electron chi connectivity index (χ2n) is 8.35. The van der Waals surface area contributed by atoms with Crippen LogP contribution in [0.2, 0.25) is 0 Å². The highest BCUT2D eigenvalue weighted by atomic mass is 16.5. The van der Waals surface area contributed by atoms with Gasteiger partial charge in [-0.25, -0.2) is 0 Å². The Morgan fingerprint density at radius 2 is 2.03 bits per heavy atom. The number of nitrogens with zero attached hydrogens (tertiary/aromatic N) is 2. The molecular weight excluding hydrogens is 390 g/mol. The molecule has 0 spiro atoms. The first-order valence-electron chi connectivity index (χ1n) is 10.9. The Bertz CT molecular complexity index is 934. The number of ether oxygens (including phenoxy) is 1. The van der Waals surface area contributed by atoms with E-state index < -0.39 is 11.9 Å². The van der Waals surface area contributed by atoms with Crippen LogP contribution in [0.1, 0.15) is 50.7 Å². The van der Waals surface area contributed by atoms with Crippen molar-refractivity contribution in [2.45, 2.75) is 45.6 Å². The monoisotopic (exact) mass is 421 g/mol. The molecule has 2 N–H and O–H groups in total. The Balaban J connectivity index is 2.03. The van der Waals surface area contributed by atoms with Crippen LogP contribution in [0.4, 0.5) is 17.1 Å². The molecule has 6 nitrogen and oxygen atoms in total. The Labute approximate surface area is 184 Å². The van der Waals surface area contributed by atoms with Crippen LogP contribution in [-0.2, 0) is 9.53 Å². The molecule has 6 heteroatoms. The van der Waals surface area contributed by atoms with Crippen LogP contribution in [0.3, 0.4) is 0 Å². The predicted octanol–water partition coefficient (Wildman–Crippen LogP) is 5.13. The van der Waals surface area contributed by atoms with Crippen LogP contribution in [0, 0.1) is 17.2 Å². The van der Waals surface area contributed by atoms with Crippen LogP contribution in [0.5, 0.6) is 0 Å². The summed E-state index contributed by atoms with van der Waals surface area (Å²) in [6.07, 6.45) is 1.40. The highest BCUT2D eigenvalue weighted by Gasteiger charge is 2.28. The van der Waals surface area contributed by atoms with Crippen LogP contribution in [0.15, 0.2) is 42.5 Å². The van der Waals surface area contributed by atoms with Crippen LogP contribution < -0.4 is 10.2 Å². The third kappa shape index (κ3) is 5.36. The molecule has 1 heterocycles. The number of morpholine rings is 1. The summed E-state index contributed by atoms with van der Waals surface area (Å²) in [4.78, 5) is 14.2. The summed E-state index contributed by atoms with van der Waals surface area (Å²) in [6.45, 7) is 8.49.